The van der Waals surface area contributed by atoms with Gasteiger partial charge in [-0.2, -0.15) is 0 Å². The van der Waals surface area contributed by atoms with Crippen LogP contribution in [-0.2, 0) is 0 Å². The van der Waals surface area contributed by atoms with E-state index in [9.17, 15) is 0 Å². The van der Waals surface area contributed by atoms with Crippen molar-refractivity contribution in [2.24, 2.45) is 0 Å². The normalized spacial score (nSPS) is 14.6. The lowest BCUT2D eigenvalue weighted by atomic mass is 10.2. The molecule has 0 N–H and O–H groups in total. The number of nitrogens with zero attached hydrogens (tertiary/aromatic N) is 3. The fraction of sp³-hybridized carbons (Fsp3) is 0.333. The molecule has 3 nitrogen and oxygen atoms in total. The Labute approximate surface area is 71.8 Å². The molecule has 1 aromatic heterocycles. The van der Waals surface area contributed by atoms with E-state index in [1.165, 1.54) is 0 Å². The minimum absolute atomic E-state index is 0.947. The number of fused-ring (bicyclic) bond motifs is 1. The molecule has 12 heavy (non-hydrogen) atoms. The van der Waals surface area contributed by atoms with Gasteiger partial charge in [0.25, 0.3) is 0 Å². The van der Waals surface area contributed by atoms with Crippen LogP contribution in [0.2, 0.25) is 0 Å². The Morgan fingerprint density at radius 2 is 2.25 bits per heavy atom. The summed E-state index contributed by atoms with van der Waals surface area (Å²) in [4.78, 5) is 10.7. The first-order chi connectivity index (χ1) is 5.92. The van der Waals surface area contributed by atoms with E-state index in [0.29, 0.717) is 0 Å². The van der Waals surface area contributed by atoms with Crippen molar-refractivity contribution in [1.82, 2.24) is 9.97 Å². The Bertz CT molecular complexity index is 306. The molecular weight excluding hydrogens is 150 g/mol. The average Bonchev–Trinajstić information content (AvgIpc) is 2.17. The summed E-state index contributed by atoms with van der Waals surface area (Å²) in [5.41, 5.74) is 0.977. The molecule has 0 bridgehead atoms. The topological polar surface area (TPSA) is 29.0 Å². The molecule has 62 valence electrons. The first-order valence-corrected chi connectivity index (χ1v) is 4.14. The van der Waals surface area contributed by atoms with Crippen LogP contribution in [0.1, 0.15) is 12.6 Å². The maximum atomic E-state index is 4.28. The molecule has 1 aromatic rings. The van der Waals surface area contributed by atoms with Crippen molar-refractivity contribution in [2.75, 3.05) is 18.0 Å². The Balaban J connectivity index is 2.45. The lowest BCUT2D eigenvalue weighted by Crippen LogP contribution is -2.26. The van der Waals surface area contributed by atoms with Crippen molar-refractivity contribution in [3.05, 3.63) is 24.2 Å². The summed E-state index contributed by atoms with van der Waals surface area (Å²) in [6, 6.07) is 0. The van der Waals surface area contributed by atoms with E-state index in [1.807, 2.05) is 6.08 Å². The highest BCUT2D eigenvalue weighted by molar-refractivity contribution is 5.64. The van der Waals surface area contributed by atoms with Crippen molar-refractivity contribution < 1.29 is 0 Å². The van der Waals surface area contributed by atoms with E-state index < -0.39 is 0 Å². The Morgan fingerprint density at radius 1 is 1.42 bits per heavy atom. The Kier molecular flexibility index (Phi) is 1.78. The van der Waals surface area contributed by atoms with Gasteiger partial charge in [0, 0.05) is 25.5 Å². The van der Waals surface area contributed by atoms with Gasteiger partial charge < -0.3 is 4.90 Å². The van der Waals surface area contributed by atoms with E-state index in [1.54, 1.807) is 12.4 Å². The first-order valence-electron chi connectivity index (χ1n) is 4.14. The molecule has 1 aliphatic heterocycles. The summed E-state index contributed by atoms with van der Waals surface area (Å²) in [7, 11) is 0. The number of rotatable bonds is 1. The zero-order valence-corrected chi connectivity index (χ0v) is 7.07. The number of hydrogen-bond donors (Lipinski definition) is 0. The minimum atomic E-state index is 0.947. The zero-order chi connectivity index (χ0) is 8.39. The van der Waals surface area contributed by atoms with Gasteiger partial charge in [-0.1, -0.05) is 6.08 Å². The molecule has 0 saturated carbocycles. The highest BCUT2D eigenvalue weighted by Crippen LogP contribution is 2.19. The van der Waals surface area contributed by atoms with Crippen molar-refractivity contribution in [3.63, 3.8) is 0 Å². The lowest BCUT2D eigenvalue weighted by molar-refractivity contribution is 0.864. The molecule has 2 heterocycles. The second kappa shape index (κ2) is 2.93. The molecule has 0 radical (unpaired) electrons. The molecule has 0 unspecified atom stereocenters. The van der Waals surface area contributed by atoms with Crippen LogP contribution >= 0.6 is 0 Å². The number of likely N-dealkylation sites (N-methyl/N-ethyl adjacent to an activating group) is 1. The van der Waals surface area contributed by atoms with Crippen LogP contribution in [-0.4, -0.2) is 23.1 Å². The van der Waals surface area contributed by atoms with Crippen LogP contribution in [0.4, 0.5) is 5.82 Å². The van der Waals surface area contributed by atoms with Gasteiger partial charge in [0.1, 0.15) is 5.69 Å². The second-order valence-corrected chi connectivity index (χ2v) is 2.71. The third kappa shape index (κ3) is 1.07. The molecule has 0 spiro atoms. The summed E-state index contributed by atoms with van der Waals surface area (Å²) in [6.07, 6.45) is 7.60. The van der Waals surface area contributed by atoms with Gasteiger partial charge in [-0.15, -0.1) is 0 Å². The second-order valence-electron chi connectivity index (χ2n) is 2.71. The van der Waals surface area contributed by atoms with Crippen molar-refractivity contribution in [2.45, 2.75) is 6.92 Å². The van der Waals surface area contributed by atoms with Gasteiger partial charge >= 0.3 is 0 Å². The van der Waals surface area contributed by atoms with Crippen LogP contribution < -0.4 is 4.90 Å². The summed E-state index contributed by atoms with van der Waals surface area (Å²) >= 11 is 0. The standard InChI is InChI=1S/C9H11N3/c1-2-12-7-3-4-8-9(12)11-6-5-10-8/h3-6H,2,7H2,1H3. The van der Waals surface area contributed by atoms with Crippen LogP contribution in [0.15, 0.2) is 18.5 Å². The molecule has 0 saturated heterocycles. The smallest absolute Gasteiger partial charge is 0.154 e. The summed E-state index contributed by atoms with van der Waals surface area (Å²) in [6.45, 7) is 4.05. The molecule has 2 rings (SSSR count). The molecule has 1 aliphatic rings. The predicted molar refractivity (Wildman–Crippen MR) is 49.0 cm³/mol. The Hall–Kier alpha value is -1.38. The van der Waals surface area contributed by atoms with E-state index >= 15 is 0 Å². The molecule has 3 heteroatoms. The largest absolute Gasteiger partial charge is 0.351 e. The zero-order valence-electron chi connectivity index (χ0n) is 7.07. The van der Waals surface area contributed by atoms with Crippen LogP contribution in [0.25, 0.3) is 6.08 Å². The molecule has 0 amide bonds. The minimum Gasteiger partial charge on any atom is -0.351 e. The quantitative estimate of drug-likeness (QED) is 0.622. The van der Waals surface area contributed by atoms with Gasteiger partial charge in [0.2, 0.25) is 0 Å². The fourth-order valence-electron chi connectivity index (χ4n) is 1.36. The lowest BCUT2D eigenvalue weighted by Gasteiger charge is -2.23. The van der Waals surface area contributed by atoms with Crippen LogP contribution in [0.3, 0.4) is 0 Å². The molecular formula is C9H11N3. The van der Waals surface area contributed by atoms with E-state index in [4.69, 9.17) is 0 Å². The first kappa shape index (κ1) is 7.28. The van der Waals surface area contributed by atoms with Crippen molar-refractivity contribution in [1.29, 1.82) is 0 Å². The van der Waals surface area contributed by atoms with Gasteiger partial charge in [0.15, 0.2) is 5.82 Å². The van der Waals surface area contributed by atoms with E-state index in [2.05, 4.69) is 27.9 Å². The van der Waals surface area contributed by atoms with Crippen LogP contribution in [0, 0.1) is 0 Å². The van der Waals surface area contributed by atoms with Gasteiger partial charge in [-0.3, -0.25) is 4.98 Å². The predicted octanol–water partition coefficient (Wildman–Crippen LogP) is 1.33. The molecule has 0 fully saturated rings. The highest BCUT2D eigenvalue weighted by atomic mass is 15.2. The maximum absolute atomic E-state index is 4.28. The summed E-state index contributed by atoms with van der Waals surface area (Å²) in [5.74, 6) is 1.00. The van der Waals surface area contributed by atoms with Crippen molar-refractivity contribution in [3.8, 4) is 0 Å². The summed E-state index contributed by atoms with van der Waals surface area (Å²) in [5, 5.41) is 0. The summed E-state index contributed by atoms with van der Waals surface area (Å²) < 4.78 is 0. The Morgan fingerprint density at radius 3 is 3.08 bits per heavy atom. The monoisotopic (exact) mass is 161 g/mol. The van der Waals surface area contributed by atoms with E-state index in [0.717, 1.165) is 24.6 Å². The van der Waals surface area contributed by atoms with Gasteiger partial charge in [-0.25, -0.2) is 4.98 Å². The van der Waals surface area contributed by atoms with Crippen LogP contribution in [0.5, 0.6) is 0 Å². The van der Waals surface area contributed by atoms with Crippen molar-refractivity contribution >= 4 is 11.9 Å². The number of hydrogen-bond acceptors (Lipinski definition) is 3. The molecule has 0 atom stereocenters. The highest BCUT2D eigenvalue weighted by Gasteiger charge is 2.12. The third-order valence-electron chi connectivity index (χ3n) is 1.99. The molecule has 0 aliphatic carbocycles. The van der Waals surface area contributed by atoms with Gasteiger partial charge in [0.05, 0.1) is 0 Å². The third-order valence-corrected chi connectivity index (χ3v) is 1.99. The number of aromatic nitrogens is 2. The average molecular weight is 161 g/mol. The fourth-order valence-corrected chi connectivity index (χ4v) is 1.36. The molecule has 0 aromatic carbocycles. The maximum Gasteiger partial charge on any atom is 0.154 e. The number of anilines is 1. The van der Waals surface area contributed by atoms with E-state index in [-0.39, 0.29) is 0 Å². The van der Waals surface area contributed by atoms with Gasteiger partial charge in [-0.05, 0) is 13.0 Å². The SMILES string of the molecule is CCN1CC=Cc2nccnc21.